The van der Waals surface area contributed by atoms with Gasteiger partial charge in [-0.15, -0.1) is 22.7 Å². The van der Waals surface area contributed by atoms with E-state index in [1.165, 1.54) is 9.75 Å². The highest BCUT2D eigenvalue weighted by Gasteiger charge is 2.17. The van der Waals surface area contributed by atoms with E-state index in [2.05, 4.69) is 22.8 Å². The van der Waals surface area contributed by atoms with Crippen LogP contribution >= 0.6 is 34.3 Å². The molecule has 0 aliphatic carbocycles. The molecule has 0 aliphatic rings. The van der Waals surface area contributed by atoms with Crippen LogP contribution in [-0.4, -0.2) is 0 Å². The van der Waals surface area contributed by atoms with E-state index in [0.29, 0.717) is 5.56 Å². The number of nitrogens with zero attached hydrogens (tertiary/aromatic N) is 1. The van der Waals surface area contributed by atoms with Gasteiger partial charge in [-0.25, -0.2) is 0 Å². The Morgan fingerprint density at radius 1 is 1.05 bits per heavy atom. The molecule has 3 aromatic rings. The van der Waals surface area contributed by atoms with Crippen LogP contribution in [0.25, 0.3) is 0 Å². The zero-order valence-electron chi connectivity index (χ0n) is 10.9. The minimum absolute atomic E-state index is 0.0791. The molecule has 0 bridgehead atoms. The van der Waals surface area contributed by atoms with E-state index in [4.69, 9.17) is 16.9 Å². The maximum atomic E-state index is 8.86. The predicted octanol–water partition coefficient (Wildman–Crippen LogP) is 5.54. The lowest BCUT2D eigenvalue weighted by atomic mass is 10.1. The lowest BCUT2D eigenvalue weighted by Crippen LogP contribution is -2.09. The number of hydrogen-bond donors (Lipinski definition) is 1. The number of thiophene rings is 2. The molecule has 0 amide bonds. The van der Waals surface area contributed by atoms with E-state index in [1.54, 1.807) is 22.7 Å². The van der Waals surface area contributed by atoms with Crippen LogP contribution in [0.5, 0.6) is 0 Å². The molecule has 0 radical (unpaired) electrons. The fourth-order valence-electron chi connectivity index (χ4n) is 2.03. The van der Waals surface area contributed by atoms with E-state index in [-0.39, 0.29) is 6.04 Å². The first-order valence-corrected chi connectivity index (χ1v) is 8.39. The molecule has 1 aromatic carbocycles. The molecular formula is C16H11ClN2S2. The zero-order valence-corrected chi connectivity index (χ0v) is 13.3. The van der Waals surface area contributed by atoms with E-state index >= 15 is 0 Å². The SMILES string of the molecule is N#Cc1ccc(NC(c2cccs2)c2ccc(Cl)s2)cc1. The lowest BCUT2D eigenvalue weighted by molar-refractivity contribution is 0.993. The number of nitrogens with one attached hydrogen (secondary N) is 1. The summed E-state index contributed by atoms with van der Waals surface area (Å²) in [4.78, 5) is 2.41. The number of halogens is 1. The van der Waals surface area contributed by atoms with E-state index < -0.39 is 0 Å². The van der Waals surface area contributed by atoms with Crippen LogP contribution < -0.4 is 5.32 Å². The highest BCUT2D eigenvalue weighted by Crippen LogP contribution is 2.35. The first kappa shape index (κ1) is 14.2. The van der Waals surface area contributed by atoms with Crippen LogP contribution in [0.2, 0.25) is 4.34 Å². The molecule has 1 atom stereocenters. The van der Waals surface area contributed by atoms with Crippen molar-refractivity contribution in [3.8, 4) is 6.07 Å². The Bertz CT molecular complexity index is 754. The summed E-state index contributed by atoms with van der Waals surface area (Å²) in [7, 11) is 0. The molecule has 0 fully saturated rings. The van der Waals surface area contributed by atoms with Gasteiger partial charge in [-0.3, -0.25) is 0 Å². The molecule has 104 valence electrons. The summed E-state index contributed by atoms with van der Waals surface area (Å²) in [6.07, 6.45) is 0. The van der Waals surface area contributed by atoms with Crippen molar-refractivity contribution >= 4 is 40.0 Å². The third-order valence-corrected chi connectivity index (χ3v) is 5.26. The third kappa shape index (κ3) is 3.27. The maximum Gasteiger partial charge on any atom is 0.0991 e. The van der Waals surface area contributed by atoms with Crippen molar-refractivity contribution in [2.24, 2.45) is 0 Å². The molecule has 2 nitrogen and oxygen atoms in total. The fraction of sp³-hybridized carbons (Fsp3) is 0.0625. The Hall–Kier alpha value is -1.80. The van der Waals surface area contributed by atoms with Crippen LogP contribution in [-0.2, 0) is 0 Å². The maximum absolute atomic E-state index is 8.86. The molecule has 1 N–H and O–H groups in total. The van der Waals surface area contributed by atoms with Crippen LogP contribution in [0.3, 0.4) is 0 Å². The predicted molar refractivity (Wildman–Crippen MR) is 90.3 cm³/mol. The summed E-state index contributed by atoms with van der Waals surface area (Å²) < 4.78 is 0.785. The van der Waals surface area contributed by atoms with Gasteiger partial charge in [-0.1, -0.05) is 17.7 Å². The third-order valence-electron chi connectivity index (χ3n) is 3.03. The Morgan fingerprint density at radius 2 is 1.86 bits per heavy atom. The average Bonchev–Trinajstić information content (AvgIpc) is 3.17. The summed E-state index contributed by atoms with van der Waals surface area (Å²) in [6.45, 7) is 0. The van der Waals surface area contributed by atoms with Crippen molar-refractivity contribution in [3.63, 3.8) is 0 Å². The van der Waals surface area contributed by atoms with Crippen LogP contribution in [0.1, 0.15) is 21.4 Å². The molecular weight excluding hydrogens is 320 g/mol. The van der Waals surface area contributed by atoms with Crippen molar-refractivity contribution in [3.05, 3.63) is 73.6 Å². The largest absolute Gasteiger partial charge is 0.373 e. The van der Waals surface area contributed by atoms with Gasteiger partial charge < -0.3 is 5.32 Å². The second kappa shape index (κ2) is 6.31. The molecule has 0 aliphatic heterocycles. The van der Waals surface area contributed by atoms with E-state index in [9.17, 15) is 0 Å². The molecule has 0 spiro atoms. The van der Waals surface area contributed by atoms with Gasteiger partial charge in [-0.05, 0) is 47.8 Å². The van der Waals surface area contributed by atoms with Crippen LogP contribution in [0.15, 0.2) is 53.9 Å². The Labute approximate surface area is 136 Å². The Kier molecular flexibility index (Phi) is 4.26. The van der Waals surface area contributed by atoms with Gasteiger partial charge >= 0.3 is 0 Å². The van der Waals surface area contributed by atoms with Crippen LogP contribution in [0, 0.1) is 11.3 Å². The zero-order chi connectivity index (χ0) is 14.7. The van der Waals surface area contributed by atoms with Gasteiger partial charge in [-0.2, -0.15) is 5.26 Å². The second-order valence-corrected chi connectivity index (χ2v) is 7.15. The van der Waals surface area contributed by atoms with Crippen molar-refractivity contribution in [1.82, 2.24) is 0 Å². The quantitative estimate of drug-likeness (QED) is 0.682. The van der Waals surface area contributed by atoms with E-state index in [0.717, 1.165) is 10.0 Å². The summed E-state index contributed by atoms with van der Waals surface area (Å²) in [5.41, 5.74) is 1.64. The minimum atomic E-state index is 0.0791. The molecule has 3 rings (SSSR count). The van der Waals surface area contributed by atoms with Crippen LogP contribution in [0.4, 0.5) is 5.69 Å². The fourth-order valence-corrected chi connectivity index (χ4v) is 4.03. The van der Waals surface area contributed by atoms with E-state index in [1.807, 2.05) is 42.5 Å². The smallest absolute Gasteiger partial charge is 0.0991 e. The first-order valence-electron chi connectivity index (χ1n) is 6.31. The van der Waals surface area contributed by atoms with Gasteiger partial charge in [0.25, 0.3) is 0 Å². The van der Waals surface area contributed by atoms with Gasteiger partial charge in [0.2, 0.25) is 0 Å². The standard InChI is InChI=1S/C16H11ClN2S2/c17-15-8-7-14(21-15)16(13-2-1-9-20-13)19-12-5-3-11(10-18)4-6-12/h1-9,16,19H. The summed E-state index contributed by atoms with van der Waals surface area (Å²) >= 11 is 9.36. The molecule has 1 unspecified atom stereocenters. The monoisotopic (exact) mass is 330 g/mol. The topological polar surface area (TPSA) is 35.8 Å². The van der Waals surface area contributed by atoms with Gasteiger partial charge in [0.15, 0.2) is 0 Å². The molecule has 2 heterocycles. The van der Waals surface area contributed by atoms with Gasteiger partial charge in [0.1, 0.15) is 0 Å². The van der Waals surface area contributed by atoms with Crippen molar-refractivity contribution in [2.45, 2.75) is 6.04 Å². The lowest BCUT2D eigenvalue weighted by Gasteiger charge is -2.17. The number of benzene rings is 1. The molecule has 5 heteroatoms. The molecule has 0 saturated carbocycles. The summed E-state index contributed by atoms with van der Waals surface area (Å²) in [5, 5.41) is 14.4. The van der Waals surface area contributed by atoms with Crippen molar-refractivity contribution in [1.29, 1.82) is 5.26 Å². The summed E-state index contributed by atoms with van der Waals surface area (Å²) in [5.74, 6) is 0. The Balaban J connectivity index is 1.91. The molecule has 21 heavy (non-hydrogen) atoms. The number of hydrogen-bond acceptors (Lipinski definition) is 4. The van der Waals surface area contributed by atoms with Gasteiger partial charge in [0.05, 0.1) is 22.0 Å². The van der Waals surface area contributed by atoms with Crippen molar-refractivity contribution < 1.29 is 0 Å². The number of anilines is 1. The molecule has 2 aromatic heterocycles. The number of rotatable bonds is 4. The van der Waals surface area contributed by atoms with Gasteiger partial charge in [0, 0.05) is 15.4 Å². The first-order chi connectivity index (χ1) is 10.3. The highest BCUT2D eigenvalue weighted by atomic mass is 35.5. The summed E-state index contributed by atoms with van der Waals surface area (Å²) in [6, 6.07) is 17.8. The van der Waals surface area contributed by atoms with Crippen molar-refractivity contribution in [2.75, 3.05) is 5.32 Å². The minimum Gasteiger partial charge on any atom is -0.373 e. The average molecular weight is 331 g/mol. The normalized spacial score (nSPS) is 11.8. The molecule has 0 saturated heterocycles. The number of nitriles is 1. The second-order valence-electron chi connectivity index (χ2n) is 4.42. The highest BCUT2D eigenvalue weighted by molar-refractivity contribution is 7.16. The Morgan fingerprint density at radius 3 is 2.43 bits per heavy atom.